The van der Waals surface area contributed by atoms with Gasteiger partial charge >= 0.3 is 0 Å². The second-order valence-electron chi connectivity index (χ2n) is 7.11. The molecule has 0 aliphatic rings. The molecule has 3 amide bonds. The van der Waals surface area contributed by atoms with Crippen molar-refractivity contribution in [2.75, 3.05) is 19.7 Å². The third-order valence-corrected chi connectivity index (χ3v) is 5.14. The molecule has 0 heterocycles. The summed E-state index contributed by atoms with van der Waals surface area (Å²) in [5.41, 5.74) is 12.2. The number of ether oxygens (including phenoxy) is 1. The molecule has 0 aromatic heterocycles. The molecule has 0 spiro atoms. The highest BCUT2D eigenvalue weighted by Crippen LogP contribution is 2.21. The first-order valence-corrected chi connectivity index (χ1v) is 11.1. The number of carbonyl (C=O) groups is 3. The number of rotatable bonds is 12. The first kappa shape index (κ1) is 25.4. The van der Waals surface area contributed by atoms with Crippen LogP contribution in [0.1, 0.15) is 28.8 Å². The molecule has 9 nitrogen and oxygen atoms in total. The van der Waals surface area contributed by atoms with Gasteiger partial charge < -0.3 is 31.9 Å². The summed E-state index contributed by atoms with van der Waals surface area (Å²) in [5, 5.41) is 14.6. The van der Waals surface area contributed by atoms with Gasteiger partial charge in [0.05, 0.1) is 24.8 Å². The van der Waals surface area contributed by atoms with Crippen molar-refractivity contribution in [2.45, 2.75) is 25.3 Å². The smallest absolute Gasteiger partial charge is 0.255 e. The quantitative estimate of drug-likeness (QED) is 0.195. The van der Waals surface area contributed by atoms with Crippen LogP contribution in [0.5, 0.6) is 11.5 Å². The van der Waals surface area contributed by atoms with Crippen LogP contribution in [0.3, 0.4) is 0 Å². The molecule has 0 bridgehead atoms. The standard InChI is InChI=1S/C22H27IN4O5/c23-15-5-8-19(17(12-15)21(30)27-13-20(25)29)32-10-2-1-9-26-22(31)18(24)11-14-3-6-16(28)7-4-14/h3-8,12,18,28H,1-2,9-11,13,24H2,(H2,25,29)(H,26,31)(H,27,30). The van der Waals surface area contributed by atoms with Gasteiger partial charge in [-0.15, -0.1) is 0 Å². The van der Waals surface area contributed by atoms with E-state index in [1.807, 2.05) is 6.07 Å². The molecular weight excluding hydrogens is 527 g/mol. The summed E-state index contributed by atoms with van der Waals surface area (Å²) in [6, 6.07) is 11.1. The zero-order valence-corrected chi connectivity index (χ0v) is 19.6. The first-order chi connectivity index (χ1) is 15.3. The van der Waals surface area contributed by atoms with Crippen LogP contribution in [0.25, 0.3) is 0 Å². The Kier molecular flexibility index (Phi) is 10.2. The van der Waals surface area contributed by atoms with Gasteiger partial charge in [-0.25, -0.2) is 0 Å². The van der Waals surface area contributed by atoms with E-state index < -0.39 is 17.9 Å². The van der Waals surface area contributed by atoms with Crippen molar-refractivity contribution in [3.05, 3.63) is 57.2 Å². The Morgan fingerprint density at radius 2 is 1.78 bits per heavy atom. The summed E-state index contributed by atoms with van der Waals surface area (Å²) in [7, 11) is 0. The Hall–Kier alpha value is -2.86. The third kappa shape index (κ3) is 8.71. The lowest BCUT2D eigenvalue weighted by Gasteiger charge is -2.13. The van der Waals surface area contributed by atoms with Gasteiger partial charge in [0.15, 0.2) is 0 Å². The highest BCUT2D eigenvalue weighted by atomic mass is 127. The van der Waals surface area contributed by atoms with Crippen molar-refractivity contribution in [1.29, 1.82) is 0 Å². The lowest BCUT2D eigenvalue weighted by atomic mass is 10.1. The third-order valence-electron chi connectivity index (χ3n) is 4.47. The monoisotopic (exact) mass is 554 g/mol. The van der Waals surface area contributed by atoms with Crippen LogP contribution in [0.15, 0.2) is 42.5 Å². The average Bonchev–Trinajstić information content (AvgIpc) is 2.76. The number of hydrogen-bond acceptors (Lipinski definition) is 6. The minimum absolute atomic E-state index is 0.164. The van der Waals surface area contributed by atoms with Crippen LogP contribution in [0.2, 0.25) is 0 Å². The number of hydrogen-bond donors (Lipinski definition) is 5. The van der Waals surface area contributed by atoms with E-state index in [9.17, 15) is 19.5 Å². The number of amides is 3. The summed E-state index contributed by atoms with van der Waals surface area (Å²) in [6.07, 6.45) is 1.70. The zero-order chi connectivity index (χ0) is 23.5. The first-order valence-electron chi connectivity index (χ1n) is 10.1. The molecular formula is C22H27IN4O5. The van der Waals surface area contributed by atoms with Crippen molar-refractivity contribution in [3.63, 3.8) is 0 Å². The number of nitrogens with one attached hydrogen (secondary N) is 2. The van der Waals surface area contributed by atoms with Gasteiger partial charge in [0.25, 0.3) is 5.91 Å². The van der Waals surface area contributed by atoms with Crippen molar-refractivity contribution < 1.29 is 24.2 Å². The number of phenols is 1. The predicted octanol–water partition coefficient (Wildman–Crippen LogP) is 1.06. The number of benzene rings is 2. The second-order valence-corrected chi connectivity index (χ2v) is 8.36. The maximum Gasteiger partial charge on any atom is 0.255 e. The summed E-state index contributed by atoms with van der Waals surface area (Å²) < 4.78 is 6.58. The molecule has 0 aliphatic heterocycles. The summed E-state index contributed by atoms with van der Waals surface area (Å²) in [4.78, 5) is 35.3. The van der Waals surface area contributed by atoms with E-state index in [0.717, 1.165) is 9.13 Å². The maximum absolute atomic E-state index is 12.3. The minimum Gasteiger partial charge on any atom is -0.508 e. The Balaban J connectivity index is 1.72. The van der Waals surface area contributed by atoms with Gasteiger partial charge in [-0.05, 0) is 77.7 Å². The highest BCUT2D eigenvalue weighted by Gasteiger charge is 2.15. The molecule has 0 saturated carbocycles. The summed E-state index contributed by atoms with van der Waals surface area (Å²) in [5.74, 6) is -0.738. The van der Waals surface area contributed by atoms with Crippen molar-refractivity contribution in [3.8, 4) is 11.5 Å². The van der Waals surface area contributed by atoms with Crippen LogP contribution in [-0.4, -0.2) is 48.6 Å². The molecule has 2 aromatic rings. The van der Waals surface area contributed by atoms with Crippen LogP contribution < -0.4 is 26.8 Å². The summed E-state index contributed by atoms with van der Waals surface area (Å²) >= 11 is 2.08. The van der Waals surface area contributed by atoms with Crippen molar-refractivity contribution in [1.82, 2.24) is 10.6 Å². The molecule has 172 valence electrons. The largest absolute Gasteiger partial charge is 0.508 e. The molecule has 2 aromatic carbocycles. The Bertz CT molecular complexity index is 936. The SMILES string of the molecule is NC(=O)CNC(=O)c1cc(I)ccc1OCCCCNC(=O)C(N)Cc1ccc(O)cc1. The Morgan fingerprint density at radius 3 is 2.47 bits per heavy atom. The van der Waals surface area contributed by atoms with E-state index in [1.165, 1.54) is 0 Å². The molecule has 7 N–H and O–H groups in total. The number of phenolic OH excluding ortho intramolecular Hbond substituents is 1. The number of carbonyl (C=O) groups excluding carboxylic acids is 3. The predicted molar refractivity (Wildman–Crippen MR) is 128 cm³/mol. The minimum atomic E-state index is -0.677. The van der Waals surface area contributed by atoms with E-state index in [0.29, 0.717) is 43.7 Å². The van der Waals surface area contributed by atoms with Crippen LogP contribution in [0, 0.1) is 3.57 Å². The van der Waals surface area contributed by atoms with E-state index in [1.54, 1.807) is 36.4 Å². The van der Waals surface area contributed by atoms with Gasteiger partial charge in [-0.1, -0.05) is 12.1 Å². The molecule has 1 unspecified atom stereocenters. The molecule has 0 radical (unpaired) electrons. The van der Waals surface area contributed by atoms with E-state index in [2.05, 4.69) is 33.2 Å². The number of unbranched alkanes of at least 4 members (excludes halogenated alkanes) is 1. The van der Waals surface area contributed by atoms with E-state index in [-0.39, 0.29) is 18.2 Å². The fraction of sp³-hybridized carbons (Fsp3) is 0.318. The normalized spacial score (nSPS) is 11.4. The van der Waals surface area contributed by atoms with E-state index >= 15 is 0 Å². The van der Waals surface area contributed by atoms with Crippen molar-refractivity contribution in [2.24, 2.45) is 11.5 Å². The van der Waals surface area contributed by atoms with E-state index in [4.69, 9.17) is 16.2 Å². The molecule has 0 aliphatic carbocycles. The lowest BCUT2D eigenvalue weighted by molar-refractivity contribution is -0.122. The zero-order valence-electron chi connectivity index (χ0n) is 17.5. The number of nitrogens with two attached hydrogens (primary N) is 2. The molecule has 32 heavy (non-hydrogen) atoms. The topological polar surface area (TPSA) is 157 Å². The average molecular weight is 554 g/mol. The molecule has 0 fully saturated rings. The van der Waals surface area contributed by atoms with Crippen molar-refractivity contribution >= 4 is 40.3 Å². The molecule has 0 saturated heterocycles. The Labute approximate surface area is 200 Å². The van der Waals surface area contributed by atoms with Gasteiger partial charge in [0.1, 0.15) is 11.5 Å². The number of aromatic hydroxyl groups is 1. The fourth-order valence-electron chi connectivity index (χ4n) is 2.80. The van der Waals surface area contributed by atoms with Crippen LogP contribution in [-0.2, 0) is 16.0 Å². The molecule has 10 heteroatoms. The van der Waals surface area contributed by atoms with Crippen LogP contribution in [0.4, 0.5) is 0 Å². The highest BCUT2D eigenvalue weighted by molar-refractivity contribution is 14.1. The van der Waals surface area contributed by atoms with Crippen LogP contribution >= 0.6 is 22.6 Å². The van der Waals surface area contributed by atoms with Gasteiger partial charge in [0.2, 0.25) is 11.8 Å². The second kappa shape index (κ2) is 12.9. The fourth-order valence-corrected chi connectivity index (χ4v) is 3.29. The summed E-state index contributed by atoms with van der Waals surface area (Å²) in [6.45, 7) is 0.550. The maximum atomic E-state index is 12.3. The van der Waals surface area contributed by atoms with Gasteiger partial charge in [-0.2, -0.15) is 0 Å². The molecule has 2 rings (SSSR count). The van der Waals surface area contributed by atoms with Gasteiger partial charge in [0, 0.05) is 10.1 Å². The van der Waals surface area contributed by atoms with Gasteiger partial charge in [-0.3, -0.25) is 14.4 Å². The number of primary amides is 1. The molecule has 1 atom stereocenters. The lowest BCUT2D eigenvalue weighted by Crippen LogP contribution is -2.42. The number of halogens is 1. The Morgan fingerprint density at radius 1 is 1.06 bits per heavy atom.